The number of rotatable bonds is 2. The van der Waals surface area contributed by atoms with E-state index in [0.29, 0.717) is 25.2 Å². The van der Waals surface area contributed by atoms with Gasteiger partial charge in [0.2, 0.25) is 0 Å². The van der Waals surface area contributed by atoms with Crippen LogP contribution in [0.25, 0.3) is 0 Å². The monoisotopic (exact) mass is 225 g/mol. The molecule has 0 aromatic heterocycles. The van der Waals surface area contributed by atoms with Crippen molar-refractivity contribution in [2.45, 2.75) is 6.42 Å². The van der Waals surface area contributed by atoms with Gasteiger partial charge in [0, 0.05) is 24.8 Å². The summed E-state index contributed by atoms with van der Waals surface area (Å²) in [6.45, 7) is 1.02. The van der Waals surface area contributed by atoms with Gasteiger partial charge in [0.15, 0.2) is 11.6 Å². The molecule has 1 fully saturated rings. The van der Waals surface area contributed by atoms with Crippen molar-refractivity contribution >= 4 is 11.7 Å². The molecule has 2 rings (SSSR count). The number of carboxylic acids is 1. The van der Waals surface area contributed by atoms with E-state index in [1.54, 1.807) is 6.07 Å². The first-order valence-electron chi connectivity index (χ1n) is 5.04. The molecule has 4 nitrogen and oxygen atoms in total. The fourth-order valence-corrected chi connectivity index (χ4v) is 1.89. The first-order chi connectivity index (χ1) is 7.58. The van der Waals surface area contributed by atoms with Gasteiger partial charge in [-0.25, -0.2) is 4.39 Å². The normalized spacial score (nSPS) is 20.1. The van der Waals surface area contributed by atoms with Crippen molar-refractivity contribution < 1.29 is 19.4 Å². The third-order valence-corrected chi connectivity index (χ3v) is 2.83. The SMILES string of the molecule is O=C(O)C1CCN(c2ccc(F)c(O)c2)C1. The molecule has 16 heavy (non-hydrogen) atoms. The molecule has 0 saturated carbocycles. The van der Waals surface area contributed by atoms with Crippen LogP contribution in [0.1, 0.15) is 6.42 Å². The average Bonchev–Trinajstić information content (AvgIpc) is 2.71. The Kier molecular flexibility index (Phi) is 2.68. The van der Waals surface area contributed by atoms with E-state index in [4.69, 9.17) is 5.11 Å². The molecule has 0 radical (unpaired) electrons. The second-order valence-corrected chi connectivity index (χ2v) is 3.91. The van der Waals surface area contributed by atoms with E-state index in [0.717, 1.165) is 0 Å². The molecule has 1 saturated heterocycles. The Morgan fingerprint density at radius 1 is 1.50 bits per heavy atom. The van der Waals surface area contributed by atoms with E-state index in [9.17, 15) is 14.3 Å². The highest BCUT2D eigenvalue weighted by atomic mass is 19.1. The van der Waals surface area contributed by atoms with Gasteiger partial charge in [-0.05, 0) is 18.6 Å². The lowest BCUT2D eigenvalue weighted by atomic mass is 10.1. The number of hydrogen-bond acceptors (Lipinski definition) is 3. The Labute approximate surface area is 91.9 Å². The lowest BCUT2D eigenvalue weighted by molar-refractivity contribution is -0.140. The van der Waals surface area contributed by atoms with Gasteiger partial charge in [0.25, 0.3) is 0 Å². The Morgan fingerprint density at radius 2 is 2.25 bits per heavy atom. The molecule has 0 aliphatic carbocycles. The third-order valence-electron chi connectivity index (χ3n) is 2.83. The van der Waals surface area contributed by atoms with Crippen LogP contribution in [0.4, 0.5) is 10.1 Å². The Balaban J connectivity index is 2.14. The first kappa shape index (κ1) is 10.7. The third kappa shape index (κ3) is 1.93. The average molecular weight is 225 g/mol. The van der Waals surface area contributed by atoms with Crippen LogP contribution in [0, 0.1) is 11.7 Å². The zero-order valence-corrected chi connectivity index (χ0v) is 8.56. The summed E-state index contributed by atoms with van der Waals surface area (Å²) in [5.74, 6) is -2.27. The number of phenolic OH excluding ortho intramolecular Hbond substituents is 1. The minimum Gasteiger partial charge on any atom is -0.505 e. The Bertz CT molecular complexity index is 422. The molecule has 1 aliphatic rings. The highest BCUT2D eigenvalue weighted by Crippen LogP contribution is 2.28. The zero-order valence-electron chi connectivity index (χ0n) is 8.56. The zero-order chi connectivity index (χ0) is 11.7. The van der Waals surface area contributed by atoms with Crippen LogP contribution in [0.3, 0.4) is 0 Å². The molecule has 0 amide bonds. The smallest absolute Gasteiger partial charge is 0.308 e. The topological polar surface area (TPSA) is 60.8 Å². The molecule has 0 spiro atoms. The number of phenols is 1. The molecule has 0 bridgehead atoms. The number of hydrogen-bond donors (Lipinski definition) is 2. The lowest BCUT2D eigenvalue weighted by Gasteiger charge is -2.18. The van der Waals surface area contributed by atoms with Crippen molar-refractivity contribution in [3.63, 3.8) is 0 Å². The summed E-state index contributed by atoms with van der Waals surface area (Å²) in [6.07, 6.45) is 0.577. The van der Waals surface area contributed by atoms with Crippen molar-refractivity contribution in [2.24, 2.45) is 5.92 Å². The number of aliphatic carboxylic acids is 1. The summed E-state index contributed by atoms with van der Waals surface area (Å²) in [7, 11) is 0. The van der Waals surface area contributed by atoms with Crippen molar-refractivity contribution in [1.29, 1.82) is 0 Å². The summed E-state index contributed by atoms with van der Waals surface area (Å²) in [4.78, 5) is 12.6. The van der Waals surface area contributed by atoms with Crippen LogP contribution in [0.2, 0.25) is 0 Å². The Morgan fingerprint density at radius 3 is 2.81 bits per heavy atom. The number of anilines is 1. The van der Waals surface area contributed by atoms with Gasteiger partial charge in [-0.15, -0.1) is 0 Å². The molecule has 1 atom stereocenters. The van der Waals surface area contributed by atoms with Gasteiger partial charge in [0.05, 0.1) is 5.92 Å². The van der Waals surface area contributed by atoms with Crippen LogP contribution >= 0.6 is 0 Å². The maximum absolute atomic E-state index is 12.8. The summed E-state index contributed by atoms with van der Waals surface area (Å²) in [5.41, 5.74) is 0.655. The molecular formula is C11H12FNO3. The molecular weight excluding hydrogens is 213 g/mol. The fraction of sp³-hybridized carbons (Fsp3) is 0.364. The Hall–Kier alpha value is -1.78. The molecule has 1 unspecified atom stereocenters. The van der Waals surface area contributed by atoms with E-state index >= 15 is 0 Å². The summed E-state index contributed by atoms with van der Waals surface area (Å²) in [6, 6.07) is 4.04. The largest absolute Gasteiger partial charge is 0.505 e. The minimum absolute atomic E-state index is 0.382. The van der Waals surface area contributed by atoms with Crippen LogP contribution in [-0.2, 0) is 4.79 Å². The molecule has 1 aromatic carbocycles. The molecule has 2 N–H and O–H groups in total. The minimum atomic E-state index is -0.811. The van der Waals surface area contributed by atoms with E-state index < -0.39 is 17.5 Å². The number of aromatic hydroxyl groups is 1. The fourth-order valence-electron chi connectivity index (χ4n) is 1.89. The summed E-state index contributed by atoms with van der Waals surface area (Å²) in [5, 5.41) is 18.1. The predicted molar refractivity (Wildman–Crippen MR) is 56.0 cm³/mol. The highest BCUT2D eigenvalue weighted by Gasteiger charge is 2.28. The maximum atomic E-state index is 12.8. The molecule has 1 aliphatic heterocycles. The number of carbonyl (C=O) groups is 1. The van der Waals surface area contributed by atoms with Gasteiger partial charge in [-0.3, -0.25) is 4.79 Å². The quantitative estimate of drug-likeness (QED) is 0.799. The molecule has 1 heterocycles. The number of benzene rings is 1. The lowest BCUT2D eigenvalue weighted by Crippen LogP contribution is -2.22. The van der Waals surface area contributed by atoms with Crippen molar-refractivity contribution in [3.8, 4) is 5.75 Å². The predicted octanol–water partition coefficient (Wildman–Crippen LogP) is 1.44. The highest BCUT2D eigenvalue weighted by molar-refractivity contribution is 5.72. The molecule has 5 heteroatoms. The van der Waals surface area contributed by atoms with Gasteiger partial charge >= 0.3 is 5.97 Å². The van der Waals surface area contributed by atoms with Crippen LogP contribution in [0.15, 0.2) is 18.2 Å². The second-order valence-electron chi connectivity index (χ2n) is 3.91. The van der Waals surface area contributed by atoms with Gasteiger partial charge in [0.1, 0.15) is 0 Å². The van der Waals surface area contributed by atoms with E-state index in [2.05, 4.69) is 0 Å². The second kappa shape index (κ2) is 4.00. The number of halogens is 1. The number of carboxylic acid groups (broad SMARTS) is 1. The summed E-state index contributed by atoms with van der Waals surface area (Å²) >= 11 is 0. The first-order valence-corrected chi connectivity index (χ1v) is 5.04. The van der Waals surface area contributed by atoms with E-state index in [-0.39, 0.29) is 5.92 Å². The van der Waals surface area contributed by atoms with Gasteiger partial charge in [-0.2, -0.15) is 0 Å². The van der Waals surface area contributed by atoms with Crippen LogP contribution in [0.5, 0.6) is 5.75 Å². The standard InChI is InChI=1S/C11H12FNO3/c12-9-2-1-8(5-10(9)14)13-4-3-7(6-13)11(15)16/h1-2,5,7,14H,3-4,6H2,(H,15,16). The number of nitrogens with zero attached hydrogens (tertiary/aromatic N) is 1. The summed E-state index contributed by atoms with van der Waals surface area (Å²) < 4.78 is 12.8. The van der Waals surface area contributed by atoms with Gasteiger partial charge < -0.3 is 15.1 Å². The van der Waals surface area contributed by atoms with E-state index in [1.165, 1.54) is 12.1 Å². The molecule has 1 aromatic rings. The van der Waals surface area contributed by atoms with Crippen LogP contribution < -0.4 is 4.90 Å². The molecule has 86 valence electrons. The van der Waals surface area contributed by atoms with Gasteiger partial charge in [-0.1, -0.05) is 0 Å². The van der Waals surface area contributed by atoms with Crippen molar-refractivity contribution in [1.82, 2.24) is 0 Å². The van der Waals surface area contributed by atoms with E-state index in [1.807, 2.05) is 4.90 Å². The van der Waals surface area contributed by atoms with Crippen molar-refractivity contribution in [3.05, 3.63) is 24.0 Å². The van der Waals surface area contributed by atoms with Crippen LogP contribution in [-0.4, -0.2) is 29.3 Å². The maximum Gasteiger partial charge on any atom is 0.308 e. The van der Waals surface area contributed by atoms with Crippen molar-refractivity contribution in [2.75, 3.05) is 18.0 Å².